The fraction of sp³-hybridized carbons (Fsp3) is 0.391. The van der Waals surface area contributed by atoms with E-state index in [4.69, 9.17) is 9.84 Å². The standard InChI is InChI=1S/C23H27N3O2/c1-15-9-10-16(2)21(11-15)22-19-7-5-6-8-20(19)23(27)26(24-22)14-25-12-18(4)28-13-17(25)3/h5-11,17-18H,12-14H2,1-4H3/t17-,18-/m0/s1. The highest BCUT2D eigenvalue weighted by molar-refractivity contribution is 5.94. The van der Waals surface area contributed by atoms with Crippen molar-refractivity contribution in [2.75, 3.05) is 13.2 Å². The van der Waals surface area contributed by atoms with Crippen LogP contribution in [0.25, 0.3) is 22.0 Å². The Labute approximate surface area is 165 Å². The molecule has 3 aromatic rings. The van der Waals surface area contributed by atoms with Gasteiger partial charge in [0.2, 0.25) is 0 Å². The summed E-state index contributed by atoms with van der Waals surface area (Å²) in [5.74, 6) is 0. The molecule has 2 atom stereocenters. The van der Waals surface area contributed by atoms with Crippen molar-refractivity contribution in [1.82, 2.24) is 14.7 Å². The maximum Gasteiger partial charge on any atom is 0.275 e. The van der Waals surface area contributed by atoms with Crippen LogP contribution in [0.15, 0.2) is 47.3 Å². The first-order valence-corrected chi connectivity index (χ1v) is 9.87. The van der Waals surface area contributed by atoms with Crippen LogP contribution in [0, 0.1) is 13.8 Å². The van der Waals surface area contributed by atoms with E-state index in [0.717, 1.165) is 28.8 Å². The molecule has 1 aromatic heterocycles. The SMILES string of the molecule is Cc1ccc(C)c(-c2nn(CN3C[C@H](C)OC[C@@H]3C)c(=O)c3ccccc23)c1. The summed E-state index contributed by atoms with van der Waals surface area (Å²) in [7, 11) is 0. The molecule has 0 saturated carbocycles. The van der Waals surface area contributed by atoms with Crippen molar-refractivity contribution in [3.8, 4) is 11.3 Å². The van der Waals surface area contributed by atoms with Crippen LogP contribution in [0.3, 0.4) is 0 Å². The third kappa shape index (κ3) is 3.48. The second kappa shape index (κ2) is 7.49. The highest BCUT2D eigenvalue weighted by atomic mass is 16.5. The smallest absolute Gasteiger partial charge is 0.275 e. The van der Waals surface area contributed by atoms with Gasteiger partial charge in [-0.25, -0.2) is 4.68 Å². The van der Waals surface area contributed by atoms with Gasteiger partial charge >= 0.3 is 0 Å². The first-order valence-electron chi connectivity index (χ1n) is 9.87. The van der Waals surface area contributed by atoms with Gasteiger partial charge in [0.05, 0.1) is 30.5 Å². The monoisotopic (exact) mass is 377 g/mol. The molecule has 5 heteroatoms. The number of aryl methyl sites for hydroxylation is 2. The van der Waals surface area contributed by atoms with E-state index in [0.29, 0.717) is 18.7 Å². The summed E-state index contributed by atoms with van der Waals surface area (Å²) in [4.78, 5) is 15.4. The summed E-state index contributed by atoms with van der Waals surface area (Å²) in [6, 6.07) is 14.4. The number of morpholine rings is 1. The number of hydrogen-bond acceptors (Lipinski definition) is 4. The van der Waals surface area contributed by atoms with Crippen LogP contribution in [0.2, 0.25) is 0 Å². The number of aromatic nitrogens is 2. The summed E-state index contributed by atoms with van der Waals surface area (Å²) < 4.78 is 7.35. The zero-order valence-electron chi connectivity index (χ0n) is 17.0. The normalized spacial score (nSPS) is 20.6. The Bertz CT molecular complexity index is 1070. The summed E-state index contributed by atoms with van der Waals surface area (Å²) in [5.41, 5.74) is 4.23. The first kappa shape index (κ1) is 18.8. The minimum atomic E-state index is -0.0454. The van der Waals surface area contributed by atoms with Gasteiger partial charge < -0.3 is 4.74 Å². The van der Waals surface area contributed by atoms with Crippen LogP contribution in [0.4, 0.5) is 0 Å². The van der Waals surface area contributed by atoms with Gasteiger partial charge in [-0.05, 0) is 45.4 Å². The highest BCUT2D eigenvalue weighted by Crippen LogP contribution is 2.28. The lowest BCUT2D eigenvalue weighted by Gasteiger charge is -2.36. The van der Waals surface area contributed by atoms with Crippen LogP contribution in [0.5, 0.6) is 0 Å². The summed E-state index contributed by atoms with van der Waals surface area (Å²) in [6.45, 7) is 10.3. The van der Waals surface area contributed by atoms with E-state index in [1.165, 1.54) is 5.56 Å². The Morgan fingerprint density at radius 3 is 2.64 bits per heavy atom. The third-order valence-corrected chi connectivity index (χ3v) is 5.57. The number of benzene rings is 2. The molecule has 1 saturated heterocycles. The molecule has 0 bridgehead atoms. The van der Waals surface area contributed by atoms with Gasteiger partial charge in [-0.3, -0.25) is 9.69 Å². The van der Waals surface area contributed by atoms with Crippen LogP contribution in [-0.2, 0) is 11.4 Å². The van der Waals surface area contributed by atoms with E-state index in [1.807, 2.05) is 24.3 Å². The van der Waals surface area contributed by atoms with E-state index < -0.39 is 0 Å². The number of nitrogens with zero attached hydrogens (tertiary/aromatic N) is 3. The van der Waals surface area contributed by atoms with Gasteiger partial charge in [-0.1, -0.05) is 35.9 Å². The molecule has 0 radical (unpaired) electrons. The maximum atomic E-state index is 13.2. The first-order chi connectivity index (χ1) is 13.4. The molecule has 0 N–H and O–H groups in total. The number of rotatable bonds is 3. The zero-order chi connectivity index (χ0) is 19.8. The van der Waals surface area contributed by atoms with E-state index >= 15 is 0 Å². The van der Waals surface area contributed by atoms with Gasteiger partial charge in [0.25, 0.3) is 5.56 Å². The van der Waals surface area contributed by atoms with Crippen molar-refractivity contribution in [3.05, 3.63) is 63.9 Å². The fourth-order valence-corrected chi connectivity index (χ4v) is 3.86. The molecule has 1 fully saturated rings. The van der Waals surface area contributed by atoms with Gasteiger partial charge in [-0.15, -0.1) is 0 Å². The van der Waals surface area contributed by atoms with E-state index in [9.17, 15) is 4.79 Å². The quantitative estimate of drug-likeness (QED) is 0.697. The molecule has 0 spiro atoms. The Kier molecular flexibility index (Phi) is 5.04. The van der Waals surface area contributed by atoms with Crippen molar-refractivity contribution in [2.24, 2.45) is 0 Å². The minimum absolute atomic E-state index is 0.0454. The number of ether oxygens (including phenoxy) is 1. The second-order valence-corrected chi connectivity index (χ2v) is 7.92. The predicted molar refractivity (Wildman–Crippen MR) is 112 cm³/mol. The van der Waals surface area contributed by atoms with Gasteiger partial charge in [0, 0.05) is 23.5 Å². The maximum absolute atomic E-state index is 13.2. The molecule has 0 aliphatic carbocycles. The molecule has 5 nitrogen and oxygen atoms in total. The number of hydrogen-bond donors (Lipinski definition) is 0. The molecule has 4 rings (SSSR count). The van der Waals surface area contributed by atoms with Crippen molar-refractivity contribution >= 4 is 10.8 Å². The van der Waals surface area contributed by atoms with Crippen molar-refractivity contribution < 1.29 is 4.74 Å². The predicted octanol–water partition coefficient (Wildman–Crippen LogP) is 3.75. The van der Waals surface area contributed by atoms with Crippen LogP contribution in [-0.4, -0.2) is 40.0 Å². The lowest BCUT2D eigenvalue weighted by molar-refractivity contribution is -0.0627. The van der Waals surface area contributed by atoms with Crippen LogP contribution < -0.4 is 5.56 Å². The molecule has 0 unspecified atom stereocenters. The summed E-state index contributed by atoms with van der Waals surface area (Å²) in [5, 5.41) is 6.46. The summed E-state index contributed by atoms with van der Waals surface area (Å²) in [6.07, 6.45) is 0.158. The van der Waals surface area contributed by atoms with E-state index in [-0.39, 0.29) is 17.7 Å². The third-order valence-electron chi connectivity index (χ3n) is 5.57. The van der Waals surface area contributed by atoms with Crippen molar-refractivity contribution in [2.45, 2.75) is 46.5 Å². The minimum Gasteiger partial charge on any atom is -0.376 e. The average molecular weight is 377 g/mol. The molecule has 146 valence electrons. The molecular weight excluding hydrogens is 350 g/mol. The molecule has 2 heterocycles. The van der Waals surface area contributed by atoms with Crippen LogP contribution >= 0.6 is 0 Å². The van der Waals surface area contributed by atoms with Crippen LogP contribution in [0.1, 0.15) is 25.0 Å². The molecule has 0 amide bonds. The zero-order valence-corrected chi connectivity index (χ0v) is 17.0. The van der Waals surface area contributed by atoms with Gasteiger partial charge in [0.15, 0.2) is 0 Å². The largest absolute Gasteiger partial charge is 0.376 e. The van der Waals surface area contributed by atoms with Crippen molar-refractivity contribution in [1.29, 1.82) is 0 Å². The molecular formula is C23H27N3O2. The van der Waals surface area contributed by atoms with Crippen molar-refractivity contribution in [3.63, 3.8) is 0 Å². The van der Waals surface area contributed by atoms with E-state index in [2.05, 4.69) is 50.8 Å². The highest BCUT2D eigenvalue weighted by Gasteiger charge is 2.25. The van der Waals surface area contributed by atoms with E-state index in [1.54, 1.807) is 4.68 Å². The summed E-state index contributed by atoms with van der Waals surface area (Å²) >= 11 is 0. The Morgan fingerprint density at radius 2 is 1.86 bits per heavy atom. The molecule has 1 aliphatic rings. The lowest BCUT2D eigenvalue weighted by Crippen LogP contribution is -2.49. The van der Waals surface area contributed by atoms with Gasteiger partial charge in [-0.2, -0.15) is 5.10 Å². The molecule has 2 aromatic carbocycles. The average Bonchev–Trinajstić information content (AvgIpc) is 2.69. The molecule has 1 aliphatic heterocycles. The molecule has 28 heavy (non-hydrogen) atoms. The lowest BCUT2D eigenvalue weighted by atomic mass is 9.99. The Balaban J connectivity index is 1.87. The Morgan fingerprint density at radius 1 is 1.11 bits per heavy atom. The topological polar surface area (TPSA) is 47.4 Å². The fourth-order valence-electron chi connectivity index (χ4n) is 3.86. The second-order valence-electron chi connectivity index (χ2n) is 7.92. The Hall–Kier alpha value is -2.50. The van der Waals surface area contributed by atoms with Gasteiger partial charge in [0.1, 0.15) is 0 Å². The number of fused-ring (bicyclic) bond motifs is 1.